The first-order chi connectivity index (χ1) is 11.2. The Morgan fingerprint density at radius 3 is 1.65 bits per heavy atom. The maximum atomic E-state index is 3.56. The summed E-state index contributed by atoms with van der Waals surface area (Å²) in [5.41, 5.74) is 9.51. The maximum absolute atomic E-state index is 3.56. The quantitative estimate of drug-likeness (QED) is 0.644. The molecule has 0 fully saturated rings. The Bertz CT molecular complexity index is 729. The highest BCUT2D eigenvalue weighted by Crippen LogP contribution is 2.36. The number of hydrogen-bond acceptors (Lipinski definition) is 0. The van der Waals surface area contributed by atoms with Crippen LogP contribution in [-0.2, 0) is 12.8 Å². The van der Waals surface area contributed by atoms with Crippen molar-refractivity contribution in [2.75, 3.05) is 0 Å². The second-order valence-electron chi connectivity index (χ2n) is 6.26. The largest absolute Gasteiger partial charge is 0.364 e. The van der Waals surface area contributed by atoms with Gasteiger partial charge in [-0.3, -0.25) is 0 Å². The average molecular weight is 306 g/mol. The Morgan fingerprint density at radius 2 is 1.26 bits per heavy atom. The average Bonchev–Trinajstić information content (AvgIpc) is 3.13. The zero-order chi connectivity index (χ0) is 16.4. The molecule has 1 aromatic carbocycles. The van der Waals surface area contributed by atoms with E-state index in [1.807, 2.05) is 0 Å². The highest BCUT2D eigenvalue weighted by atomic mass is 14.8. The molecule has 0 saturated heterocycles. The molecule has 3 rings (SSSR count). The minimum absolute atomic E-state index is 0.233. The van der Waals surface area contributed by atoms with Crippen molar-refractivity contribution in [1.29, 1.82) is 0 Å². The lowest BCUT2D eigenvalue weighted by atomic mass is 9.87. The Balaban J connectivity index is 2.18. The number of benzene rings is 1. The van der Waals surface area contributed by atoms with Crippen LogP contribution in [0.5, 0.6) is 0 Å². The van der Waals surface area contributed by atoms with Crippen LogP contribution >= 0.6 is 0 Å². The smallest absolute Gasteiger partial charge is 0.0647 e. The number of aryl methyl sites for hydroxylation is 2. The van der Waals surface area contributed by atoms with Crippen LogP contribution in [0.15, 0.2) is 42.7 Å². The molecule has 0 unspecified atom stereocenters. The summed E-state index contributed by atoms with van der Waals surface area (Å²) in [7, 11) is 0. The summed E-state index contributed by atoms with van der Waals surface area (Å²) in [5.74, 6) is 0.233. The molecule has 2 N–H and O–H groups in total. The third kappa shape index (κ3) is 2.74. The van der Waals surface area contributed by atoms with E-state index in [1.54, 1.807) is 0 Å². The number of H-pyrrole nitrogens is 2. The van der Waals surface area contributed by atoms with Crippen LogP contribution in [0.25, 0.3) is 0 Å². The Kier molecular flexibility index (Phi) is 4.42. The SMILES string of the molecule is CCc1c[nH]c(C(c2ccccc2)c2[nH]cc(CC)c2C)c1C. The first kappa shape index (κ1) is 15.7. The van der Waals surface area contributed by atoms with Crippen LogP contribution in [0.2, 0.25) is 0 Å². The number of aromatic amines is 2. The van der Waals surface area contributed by atoms with E-state index in [-0.39, 0.29) is 5.92 Å². The predicted molar refractivity (Wildman–Crippen MR) is 97.2 cm³/mol. The van der Waals surface area contributed by atoms with E-state index in [0.717, 1.165) is 12.8 Å². The van der Waals surface area contributed by atoms with Crippen molar-refractivity contribution >= 4 is 0 Å². The normalized spacial score (nSPS) is 11.3. The van der Waals surface area contributed by atoms with Gasteiger partial charge in [0.1, 0.15) is 0 Å². The van der Waals surface area contributed by atoms with Gasteiger partial charge in [0, 0.05) is 23.8 Å². The predicted octanol–water partition coefficient (Wildman–Crippen LogP) is 5.26. The van der Waals surface area contributed by atoms with E-state index in [4.69, 9.17) is 0 Å². The summed E-state index contributed by atoms with van der Waals surface area (Å²) in [6.07, 6.45) is 6.46. The van der Waals surface area contributed by atoms with Gasteiger partial charge in [-0.25, -0.2) is 0 Å². The van der Waals surface area contributed by atoms with Gasteiger partial charge in [-0.05, 0) is 54.5 Å². The van der Waals surface area contributed by atoms with Crippen LogP contribution in [0, 0.1) is 13.8 Å². The van der Waals surface area contributed by atoms with Crippen LogP contribution in [0.3, 0.4) is 0 Å². The van der Waals surface area contributed by atoms with Gasteiger partial charge >= 0.3 is 0 Å². The number of aromatic nitrogens is 2. The van der Waals surface area contributed by atoms with Crippen LogP contribution in [0.4, 0.5) is 0 Å². The summed E-state index contributed by atoms with van der Waals surface area (Å²) < 4.78 is 0. The van der Waals surface area contributed by atoms with Gasteiger partial charge in [-0.2, -0.15) is 0 Å². The van der Waals surface area contributed by atoms with Crippen LogP contribution < -0.4 is 0 Å². The number of nitrogens with one attached hydrogen (secondary N) is 2. The Hall–Kier alpha value is -2.22. The Labute approximate surface area is 139 Å². The molecule has 0 saturated carbocycles. The van der Waals surface area contributed by atoms with E-state index in [9.17, 15) is 0 Å². The van der Waals surface area contributed by atoms with Gasteiger partial charge in [-0.15, -0.1) is 0 Å². The van der Waals surface area contributed by atoms with Crippen molar-refractivity contribution in [3.05, 3.63) is 81.9 Å². The molecule has 2 heterocycles. The van der Waals surface area contributed by atoms with Gasteiger partial charge in [0.2, 0.25) is 0 Å². The number of hydrogen-bond donors (Lipinski definition) is 2. The molecule has 2 nitrogen and oxygen atoms in total. The van der Waals surface area contributed by atoms with E-state index in [2.05, 4.69) is 80.4 Å². The minimum Gasteiger partial charge on any atom is -0.364 e. The molecular weight excluding hydrogens is 280 g/mol. The minimum atomic E-state index is 0.233. The van der Waals surface area contributed by atoms with Crippen molar-refractivity contribution in [2.24, 2.45) is 0 Å². The summed E-state index contributed by atoms with van der Waals surface area (Å²) in [4.78, 5) is 7.11. The lowest BCUT2D eigenvalue weighted by molar-refractivity contribution is 0.876. The lowest BCUT2D eigenvalue weighted by Gasteiger charge is -2.18. The topological polar surface area (TPSA) is 31.6 Å². The summed E-state index contributed by atoms with van der Waals surface area (Å²) >= 11 is 0. The third-order valence-corrected chi connectivity index (χ3v) is 5.05. The van der Waals surface area contributed by atoms with Gasteiger partial charge in [-0.1, -0.05) is 44.2 Å². The van der Waals surface area contributed by atoms with Gasteiger partial charge in [0.05, 0.1) is 5.92 Å². The molecule has 0 aliphatic heterocycles. The van der Waals surface area contributed by atoms with Crippen molar-refractivity contribution in [3.8, 4) is 0 Å². The molecule has 2 aromatic heterocycles. The molecule has 0 radical (unpaired) electrons. The standard InChI is InChI=1S/C21H26N2/c1-5-16-12-22-20(14(16)3)19(18-10-8-7-9-11-18)21-15(4)17(6-2)13-23-21/h7-13,19,22-23H,5-6H2,1-4H3. The lowest BCUT2D eigenvalue weighted by Crippen LogP contribution is -2.07. The molecule has 0 aliphatic rings. The van der Waals surface area contributed by atoms with Crippen molar-refractivity contribution < 1.29 is 0 Å². The molecule has 120 valence electrons. The molecule has 0 bridgehead atoms. The fraction of sp³-hybridized carbons (Fsp3) is 0.333. The molecular formula is C21H26N2. The van der Waals surface area contributed by atoms with Crippen molar-refractivity contribution in [1.82, 2.24) is 9.97 Å². The molecule has 0 atom stereocenters. The summed E-state index contributed by atoms with van der Waals surface area (Å²) in [6, 6.07) is 10.8. The first-order valence-electron chi connectivity index (χ1n) is 8.55. The highest BCUT2D eigenvalue weighted by Gasteiger charge is 2.24. The molecule has 0 aliphatic carbocycles. The summed E-state index contributed by atoms with van der Waals surface area (Å²) in [5, 5.41) is 0. The second kappa shape index (κ2) is 6.49. The maximum Gasteiger partial charge on any atom is 0.0647 e. The zero-order valence-electron chi connectivity index (χ0n) is 14.5. The first-order valence-corrected chi connectivity index (χ1v) is 8.55. The van der Waals surface area contributed by atoms with E-state index in [1.165, 1.54) is 39.2 Å². The van der Waals surface area contributed by atoms with Crippen LogP contribution in [0.1, 0.15) is 59.0 Å². The highest BCUT2D eigenvalue weighted by molar-refractivity contribution is 5.47. The molecule has 23 heavy (non-hydrogen) atoms. The Morgan fingerprint density at radius 1 is 0.783 bits per heavy atom. The second-order valence-corrected chi connectivity index (χ2v) is 6.26. The van der Waals surface area contributed by atoms with Crippen LogP contribution in [-0.4, -0.2) is 9.97 Å². The van der Waals surface area contributed by atoms with E-state index in [0.29, 0.717) is 0 Å². The molecule has 2 heteroatoms. The zero-order valence-corrected chi connectivity index (χ0v) is 14.5. The monoisotopic (exact) mass is 306 g/mol. The molecule has 0 amide bonds. The third-order valence-electron chi connectivity index (χ3n) is 5.05. The van der Waals surface area contributed by atoms with Crippen molar-refractivity contribution in [2.45, 2.75) is 46.5 Å². The summed E-state index contributed by atoms with van der Waals surface area (Å²) in [6.45, 7) is 8.90. The molecule has 0 spiro atoms. The fourth-order valence-electron chi connectivity index (χ4n) is 3.57. The van der Waals surface area contributed by atoms with Gasteiger partial charge < -0.3 is 9.97 Å². The number of rotatable bonds is 5. The van der Waals surface area contributed by atoms with E-state index < -0.39 is 0 Å². The fourth-order valence-corrected chi connectivity index (χ4v) is 3.57. The molecule has 3 aromatic rings. The van der Waals surface area contributed by atoms with E-state index >= 15 is 0 Å². The van der Waals surface area contributed by atoms with Gasteiger partial charge in [0.15, 0.2) is 0 Å². The van der Waals surface area contributed by atoms with Crippen molar-refractivity contribution in [3.63, 3.8) is 0 Å². The van der Waals surface area contributed by atoms with Gasteiger partial charge in [0.25, 0.3) is 0 Å².